The molecular formula is C14H20N2OS. The maximum atomic E-state index is 12.1. The first kappa shape index (κ1) is 14.6. The summed E-state index contributed by atoms with van der Waals surface area (Å²) < 4.78 is 0. The molecule has 0 aliphatic rings. The van der Waals surface area contributed by atoms with Gasteiger partial charge in [0.05, 0.1) is 17.5 Å². The van der Waals surface area contributed by atoms with Gasteiger partial charge in [0.2, 0.25) is 5.91 Å². The Hall–Kier alpha value is -1.42. The molecule has 0 saturated heterocycles. The third-order valence-electron chi connectivity index (χ3n) is 3.23. The number of rotatable bonds is 4. The first-order valence-electron chi connectivity index (χ1n) is 5.94. The summed E-state index contributed by atoms with van der Waals surface area (Å²) in [6, 6.07) is 5.92. The minimum Gasteiger partial charge on any atom is -0.392 e. The van der Waals surface area contributed by atoms with Crippen LogP contribution in [-0.4, -0.2) is 28.9 Å². The van der Waals surface area contributed by atoms with Crippen molar-refractivity contribution in [3.05, 3.63) is 34.9 Å². The summed E-state index contributed by atoms with van der Waals surface area (Å²) >= 11 is 4.91. The minimum atomic E-state index is -0.211. The second-order valence-corrected chi connectivity index (χ2v) is 5.16. The Kier molecular flexibility index (Phi) is 4.84. The molecule has 0 aromatic heterocycles. The van der Waals surface area contributed by atoms with Crippen LogP contribution in [0.5, 0.6) is 0 Å². The molecular weight excluding hydrogens is 244 g/mol. The van der Waals surface area contributed by atoms with E-state index < -0.39 is 0 Å². The van der Waals surface area contributed by atoms with E-state index in [0.29, 0.717) is 11.4 Å². The number of aryl methyl sites for hydroxylation is 2. The summed E-state index contributed by atoms with van der Waals surface area (Å²) in [6.07, 6.45) is 0.386. The molecule has 4 heteroatoms. The first-order valence-corrected chi connectivity index (χ1v) is 6.35. The normalized spacial score (nSPS) is 12.0. The summed E-state index contributed by atoms with van der Waals surface area (Å²) in [5.74, 6) is 0.0315. The predicted molar refractivity (Wildman–Crippen MR) is 78.6 cm³/mol. The van der Waals surface area contributed by atoms with Crippen LogP contribution in [0.15, 0.2) is 18.2 Å². The molecule has 0 aliphatic carbocycles. The number of thiocarbonyl (C=S) groups is 1. The number of nitrogens with two attached hydrogens (primary N) is 1. The van der Waals surface area contributed by atoms with Crippen molar-refractivity contribution in [2.45, 2.75) is 33.2 Å². The molecule has 1 atom stereocenters. The Morgan fingerprint density at radius 2 is 2.06 bits per heavy atom. The van der Waals surface area contributed by atoms with Crippen molar-refractivity contribution < 1.29 is 4.79 Å². The number of hydrogen-bond acceptors (Lipinski definition) is 2. The Morgan fingerprint density at radius 1 is 1.44 bits per heavy atom. The average molecular weight is 264 g/mol. The highest BCUT2D eigenvalue weighted by molar-refractivity contribution is 7.80. The molecule has 0 spiro atoms. The summed E-state index contributed by atoms with van der Waals surface area (Å²) in [5.41, 5.74) is 8.91. The number of amides is 1. The molecule has 0 radical (unpaired) electrons. The van der Waals surface area contributed by atoms with E-state index in [1.807, 2.05) is 39.0 Å². The van der Waals surface area contributed by atoms with Crippen molar-refractivity contribution in [3.8, 4) is 0 Å². The van der Waals surface area contributed by atoms with E-state index in [1.165, 1.54) is 0 Å². The number of carbonyl (C=O) groups is 1. The summed E-state index contributed by atoms with van der Waals surface area (Å²) in [7, 11) is 1.73. The highest BCUT2D eigenvalue weighted by Crippen LogP contribution is 2.13. The fourth-order valence-electron chi connectivity index (χ4n) is 1.69. The Bertz CT molecular complexity index is 471. The Morgan fingerprint density at radius 3 is 2.61 bits per heavy atom. The third kappa shape index (κ3) is 3.53. The number of carbonyl (C=O) groups excluding carboxylic acids is 1. The molecule has 1 aromatic carbocycles. The topological polar surface area (TPSA) is 46.3 Å². The fourth-order valence-corrected chi connectivity index (χ4v) is 1.84. The fraction of sp³-hybridized carbons (Fsp3) is 0.429. The van der Waals surface area contributed by atoms with Gasteiger partial charge in [-0.15, -0.1) is 0 Å². The lowest BCUT2D eigenvalue weighted by Crippen LogP contribution is -2.43. The summed E-state index contributed by atoms with van der Waals surface area (Å²) in [4.78, 5) is 14.1. The van der Waals surface area contributed by atoms with Gasteiger partial charge in [0, 0.05) is 7.05 Å². The maximum Gasteiger partial charge on any atom is 0.227 e. The first-order chi connectivity index (χ1) is 8.32. The summed E-state index contributed by atoms with van der Waals surface area (Å²) in [5, 5.41) is 0. The van der Waals surface area contributed by atoms with E-state index in [2.05, 4.69) is 0 Å². The zero-order valence-corrected chi connectivity index (χ0v) is 12.2. The molecule has 18 heavy (non-hydrogen) atoms. The van der Waals surface area contributed by atoms with Crippen LogP contribution in [0.2, 0.25) is 0 Å². The molecule has 1 rings (SSSR count). The van der Waals surface area contributed by atoms with Gasteiger partial charge in [0.15, 0.2) is 0 Å². The number of hydrogen-bond donors (Lipinski definition) is 1. The molecule has 0 bridgehead atoms. The van der Waals surface area contributed by atoms with Crippen LogP contribution >= 0.6 is 12.2 Å². The highest BCUT2D eigenvalue weighted by Gasteiger charge is 2.18. The van der Waals surface area contributed by atoms with E-state index in [-0.39, 0.29) is 11.9 Å². The van der Waals surface area contributed by atoms with Crippen LogP contribution in [0.4, 0.5) is 0 Å². The highest BCUT2D eigenvalue weighted by atomic mass is 32.1. The Balaban J connectivity index is 2.81. The molecule has 2 N–H and O–H groups in total. The molecule has 98 valence electrons. The van der Waals surface area contributed by atoms with Crippen LogP contribution in [-0.2, 0) is 11.2 Å². The van der Waals surface area contributed by atoms with Crippen molar-refractivity contribution in [2.24, 2.45) is 5.73 Å². The van der Waals surface area contributed by atoms with Crippen LogP contribution in [0.1, 0.15) is 23.6 Å². The lowest BCUT2D eigenvalue weighted by molar-refractivity contribution is -0.129. The van der Waals surface area contributed by atoms with Crippen molar-refractivity contribution >= 4 is 23.1 Å². The zero-order chi connectivity index (χ0) is 13.9. The maximum absolute atomic E-state index is 12.1. The largest absolute Gasteiger partial charge is 0.392 e. The predicted octanol–water partition coefficient (Wildman–Crippen LogP) is 1.98. The molecule has 1 aromatic rings. The molecule has 0 aliphatic heterocycles. The molecule has 3 nitrogen and oxygen atoms in total. The van der Waals surface area contributed by atoms with Gasteiger partial charge < -0.3 is 10.6 Å². The van der Waals surface area contributed by atoms with Gasteiger partial charge in [0.1, 0.15) is 0 Å². The molecule has 0 heterocycles. The van der Waals surface area contributed by atoms with Crippen molar-refractivity contribution in [1.29, 1.82) is 0 Å². The van der Waals surface area contributed by atoms with Crippen molar-refractivity contribution in [3.63, 3.8) is 0 Å². The number of likely N-dealkylation sites (N-methyl/N-ethyl adjacent to an activating group) is 1. The molecule has 1 unspecified atom stereocenters. The second-order valence-electron chi connectivity index (χ2n) is 4.69. The lowest BCUT2D eigenvalue weighted by atomic mass is 10.0. The van der Waals surface area contributed by atoms with E-state index in [0.717, 1.165) is 16.7 Å². The van der Waals surface area contributed by atoms with E-state index >= 15 is 0 Å². The van der Waals surface area contributed by atoms with Gasteiger partial charge in [-0.25, -0.2) is 0 Å². The van der Waals surface area contributed by atoms with Crippen LogP contribution in [0, 0.1) is 13.8 Å². The quantitative estimate of drug-likeness (QED) is 0.846. The van der Waals surface area contributed by atoms with Gasteiger partial charge >= 0.3 is 0 Å². The van der Waals surface area contributed by atoms with Crippen LogP contribution in [0.25, 0.3) is 0 Å². The van der Waals surface area contributed by atoms with E-state index in [1.54, 1.807) is 11.9 Å². The zero-order valence-electron chi connectivity index (χ0n) is 11.4. The molecule has 1 amide bonds. The minimum absolute atomic E-state index is 0.0315. The third-order valence-corrected chi connectivity index (χ3v) is 3.57. The molecule has 0 saturated carbocycles. The number of nitrogens with zero attached hydrogens (tertiary/aromatic N) is 1. The van der Waals surface area contributed by atoms with Crippen LogP contribution in [0.3, 0.4) is 0 Å². The summed E-state index contributed by atoms with van der Waals surface area (Å²) in [6.45, 7) is 5.87. The van der Waals surface area contributed by atoms with E-state index in [4.69, 9.17) is 18.0 Å². The molecule has 0 fully saturated rings. The van der Waals surface area contributed by atoms with Gasteiger partial charge in [-0.2, -0.15) is 0 Å². The van der Waals surface area contributed by atoms with Gasteiger partial charge in [-0.3, -0.25) is 4.79 Å². The standard InChI is InChI=1S/C14H20N2OS/c1-9-5-6-10(2)12(7-9)8-13(17)16(4)11(3)14(15)18/h5-7,11H,8H2,1-4H3,(H2,15,18). The average Bonchev–Trinajstić information content (AvgIpc) is 2.31. The Labute approximate surface area is 114 Å². The van der Waals surface area contributed by atoms with Gasteiger partial charge in [0.25, 0.3) is 0 Å². The van der Waals surface area contributed by atoms with Crippen molar-refractivity contribution in [1.82, 2.24) is 4.90 Å². The number of benzene rings is 1. The smallest absolute Gasteiger partial charge is 0.227 e. The van der Waals surface area contributed by atoms with Crippen LogP contribution < -0.4 is 5.73 Å². The SMILES string of the molecule is Cc1ccc(C)c(CC(=O)N(C)C(C)C(N)=S)c1. The lowest BCUT2D eigenvalue weighted by Gasteiger charge is -2.24. The monoisotopic (exact) mass is 264 g/mol. The van der Waals surface area contributed by atoms with Gasteiger partial charge in [-0.1, -0.05) is 36.0 Å². The van der Waals surface area contributed by atoms with E-state index in [9.17, 15) is 4.79 Å². The second kappa shape index (κ2) is 5.96. The van der Waals surface area contributed by atoms with Gasteiger partial charge in [-0.05, 0) is 31.9 Å². The van der Waals surface area contributed by atoms with Crippen molar-refractivity contribution in [2.75, 3.05) is 7.05 Å².